The molecule has 28 heavy (non-hydrogen) atoms. The number of aliphatic hydroxyl groups is 1. The molecule has 0 unspecified atom stereocenters. The number of hydrogen-bond donors (Lipinski definition) is 1. The third-order valence-electron chi connectivity index (χ3n) is 4.10. The van der Waals surface area contributed by atoms with Crippen LogP contribution in [0.2, 0.25) is 4.34 Å². The number of carbonyl (C=O) groups excluding carboxylic acids is 1. The predicted molar refractivity (Wildman–Crippen MR) is 108 cm³/mol. The van der Waals surface area contributed by atoms with Gasteiger partial charge in [0.15, 0.2) is 5.76 Å². The second-order valence-electron chi connectivity index (χ2n) is 6.01. The average molecular weight is 422 g/mol. The Morgan fingerprint density at radius 3 is 2.71 bits per heavy atom. The number of thiophene rings is 1. The minimum absolute atomic E-state index is 0.302. The van der Waals surface area contributed by atoms with Gasteiger partial charge in [-0.05, 0) is 18.2 Å². The summed E-state index contributed by atoms with van der Waals surface area (Å²) in [5, 5.41) is 18.6. The number of nitrogens with zero attached hydrogens (tertiary/aromatic N) is 3. The van der Waals surface area contributed by atoms with Crippen LogP contribution in [0.25, 0.3) is 5.76 Å². The van der Waals surface area contributed by atoms with Crippen LogP contribution in [0.1, 0.15) is 10.4 Å². The van der Waals surface area contributed by atoms with E-state index in [0.717, 1.165) is 18.0 Å². The van der Waals surface area contributed by atoms with E-state index in [4.69, 9.17) is 21.1 Å². The Morgan fingerprint density at radius 2 is 2.04 bits per heavy atom. The van der Waals surface area contributed by atoms with E-state index in [1.165, 1.54) is 18.4 Å². The minimum atomic E-state index is -0.797. The molecule has 1 fully saturated rings. The van der Waals surface area contributed by atoms with Gasteiger partial charge < -0.3 is 14.6 Å². The van der Waals surface area contributed by atoms with E-state index in [1.54, 1.807) is 30.3 Å². The molecule has 1 aromatic heterocycles. The molecule has 2 aromatic rings. The molecule has 0 aliphatic carbocycles. The molecule has 0 atom stereocenters. The largest absolute Gasteiger partial charge is 0.505 e. The zero-order valence-corrected chi connectivity index (χ0v) is 16.9. The molecule has 1 N–H and O–H groups in total. The molecule has 2 heterocycles. The summed E-state index contributed by atoms with van der Waals surface area (Å²) in [6.07, 6.45) is 0. The number of morpholine rings is 1. The maximum atomic E-state index is 12.1. The number of azo groups is 1. The van der Waals surface area contributed by atoms with Crippen LogP contribution >= 0.6 is 22.9 Å². The molecule has 0 saturated carbocycles. The van der Waals surface area contributed by atoms with Gasteiger partial charge in [-0.15, -0.1) is 16.5 Å². The topological polar surface area (TPSA) is 83.7 Å². The summed E-state index contributed by atoms with van der Waals surface area (Å²) in [7, 11) is 1.22. The summed E-state index contributed by atoms with van der Waals surface area (Å²) in [5.74, 6) is -1.16. The maximum Gasteiger partial charge on any atom is 0.362 e. The Morgan fingerprint density at radius 1 is 1.32 bits per heavy atom. The van der Waals surface area contributed by atoms with Crippen molar-refractivity contribution in [2.75, 3.05) is 33.4 Å². The van der Waals surface area contributed by atoms with Crippen LogP contribution < -0.4 is 0 Å². The van der Waals surface area contributed by atoms with Gasteiger partial charge >= 0.3 is 5.97 Å². The smallest absolute Gasteiger partial charge is 0.362 e. The molecule has 3 rings (SSSR count). The van der Waals surface area contributed by atoms with Gasteiger partial charge in [-0.3, -0.25) is 4.90 Å². The molecule has 0 spiro atoms. The van der Waals surface area contributed by atoms with E-state index in [1.807, 2.05) is 6.07 Å². The maximum absolute atomic E-state index is 12.1. The van der Waals surface area contributed by atoms with Crippen LogP contribution in [0.15, 0.2) is 52.3 Å². The van der Waals surface area contributed by atoms with Crippen molar-refractivity contribution in [1.82, 2.24) is 4.90 Å². The van der Waals surface area contributed by atoms with Crippen LogP contribution in [0.4, 0.5) is 5.69 Å². The fourth-order valence-corrected chi connectivity index (χ4v) is 4.01. The lowest BCUT2D eigenvalue weighted by molar-refractivity contribution is -0.136. The average Bonchev–Trinajstić information content (AvgIpc) is 3.09. The number of hydrogen-bond acceptors (Lipinski definition) is 8. The number of rotatable bonds is 6. The predicted octanol–water partition coefficient (Wildman–Crippen LogP) is 4.42. The lowest BCUT2D eigenvalue weighted by atomic mass is 10.2. The highest BCUT2D eigenvalue weighted by molar-refractivity contribution is 7.16. The Balaban J connectivity index is 1.87. The van der Waals surface area contributed by atoms with E-state index in [2.05, 4.69) is 15.1 Å². The first-order valence-corrected chi connectivity index (χ1v) is 9.85. The van der Waals surface area contributed by atoms with E-state index in [-0.39, 0.29) is 11.5 Å². The third-order valence-corrected chi connectivity index (χ3v) is 5.44. The third kappa shape index (κ3) is 5.17. The first-order chi connectivity index (χ1) is 13.6. The second-order valence-corrected chi connectivity index (χ2v) is 7.75. The van der Waals surface area contributed by atoms with E-state index < -0.39 is 5.97 Å². The van der Waals surface area contributed by atoms with Gasteiger partial charge in [0.05, 0.1) is 26.0 Å². The highest BCUT2D eigenvalue weighted by Crippen LogP contribution is 2.34. The minimum Gasteiger partial charge on any atom is -0.505 e. The molecular weight excluding hydrogens is 402 g/mol. The highest BCUT2D eigenvalue weighted by Gasteiger charge is 2.22. The van der Waals surface area contributed by atoms with Crippen LogP contribution in [-0.2, 0) is 20.8 Å². The van der Waals surface area contributed by atoms with E-state index in [9.17, 15) is 9.90 Å². The molecule has 0 radical (unpaired) electrons. The first kappa shape index (κ1) is 20.5. The molecule has 0 bridgehead atoms. The summed E-state index contributed by atoms with van der Waals surface area (Å²) < 4.78 is 10.5. The van der Waals surface area contributed by atoms with Crippen LogP contribution in [0.5, 0.6) is 0 Å². The van der Waals surface area contributed by atoms with Crippen molar-refractivity contribution in [1.29, 1.82) is 0 Å². The quantitative estimate of drug-likeness (QED) is 0.323. The highest BCUT2D eigenvalue weighted by atomic mass is 35.5. The molecule has 1 saturated heterocycles. The number of carbonyl (C=O) groups is 1. The van der Waals surface area contributed by atoms with Crippen LogP contribution in [-0.4, -0.2) is 49.4 Å². The van der Waals surface area contributed by atoms with Gasteiger partial charge in [0.25, 0.3) is 0 Å². The zero-order valence-electron chi connectivity index (χ0n) is 15.3. The van der Waals surface area contributed by atoms with Gasteiger partial charge in [0.1, 0.15) is 4.34 Å². The fraction of sp³-hybridized carbons (Fsp3) is 0.316. The molecule has 1 aliphatic heterocycles. The number of ether oxygens (including phenoxy) is 2. The van der Waals surface area contributed by atoms with Gasteiger partial charge in [-0.25, -0.2) is 4.79 Å². The molecule has 9 heteroatoms. The lowest BCUT2D eigenvalue weighted by Gasteiger charge is -2.25. The van der Waals surface area contributed by atoms with Crippen LogP contribution in [0, 0.1) is 0 Å². The number of aliphatic hydroxyl groups excluding tert-OH is 1. The number of benzene rings is 1. The van der Waals surface area contributed by atoms with Gasteiger partial charge in [0.2, 0.25) is 5.70 Å². The van der Waals surface area contributed by atoms with E-state index >= 15 is 0 Å². The van der Waals surface area contributed by atoms with Crippen molar-refractivity contribution in [3.8, 4) is 0 Å². The molecule has 1 aromatic carbocycles. The molecule has 148 valence electrons. The van der Waals surface area contributed by atoms with Gasteiger partial charge in [-0.1, -0.05) is 29.8 Å². The summed E-state index contributed by atoms with van der Waals surface area (Å²) in [4.78, 5) is 15.3. The Bertz CT molecular complexity index is 877. The summed E-state index contributed by atoms with van der Waals surface area (Å²) >= 11 is 7.68. The number of methoxy groups -OCH3 is 1. The second kappa shape index (κ2) is 9.79. The Hall–Kier alpha value is -2.26. The van der Waals surface area contributed by atoms with Crippen molar-refractivity contribution in [3.63, 3.8) is 0 Å². The van der Waals surface area contributed by atoms with Crippen LogP contribution in [0.3, 0.4) is 0 Å². The molecule has 1 aliphatic rings. The fourth-order valence-electron chi connectivity index (χ4n) is 2.65. The Labute approximate surface area is 171 Å². The molecular formula is C19H20ClN3O4S. The standard InChI is InChI=1S/C19H20ClN3O4S/c1-26-19(25)16(22-21-13-5-3-2-4-6-13)17(24)15-11-14(28-18(15)20)12-23-7-9-27-10-8-23/h2-6,11,24H,7-10,12H2,1H3. The van der Waals surface area contributed by atoms with Crippen molar-refractivity contribution >= 4 is 40.4 Å². The van der Waals surface area contributed by atoms with Gasteiger partial charge in [0, 0.05) is 30.1 Å². The van der Waals surface area contributed by atoms with E-state index in [0.29, 0.717) is 35.3 Å². The van der Waals surface area contributed by atoms with Crippen molar-refractivity contribution < 1.29 is 19.4 Å². The SMILES string of the molecule is COC(=O)C(N=Nc1ccccc1)=C(O)c1cc(CN2CCOCC2)sc1Cl. The first-order valence-electron chi connectivity index (χ1n) is 8.65. The van der Waals surface area contributed by atoms with Crippen molar-refractivity contribution in [2.45, 2.75) is 6.54 Å². The molecule has 7 nitrogen and oxygen atoms in total. The summed E-state index contributed by atoms with van der Waals surface area (Å²) in [6, 6.07) is 10.7. The number of halogens is 1. The number of esters is 1. The van der Waals surface area contributed by atoms with Gasteiger partial charge in [-0.2, -0.15) is 5.11 Å². The van der Waals surface area contributed by atoms with Crippen molar-refractivity contribution in [3.05, 3.63) is 56.9 Å². The molecule has 0 amide bonds. The zero-order chi connectivity index (χ0) is 19.9. The normalized spacial score (nSPS) is 16.2. The monoisotopic (exact) mass is 421 g/mol. The summed E-state index contributed by atoms with van der Waals surface area (Å²) in [5.41, 5.74) is 0.576. The van der Waals surface area contributed by atoms with Crippen molar-refractivity contribution in [2.24, 2.45) is 10.2 Å². The summed E-state index contributed by atoms with van der Waals surface area (Å²) in [6.45, 7) is 3.77. The Kier molecular flexibility index (Phi) is 7.16. The lowest BCUT2D eigenvalue weighted by Crippen LogP contribution is -2.35.